The van der Waals surface area contributed by atoms with E-state index in [1.54, 1.807) is 0 Å². The van der Waals surface area contributed by atoms with Crippen molar-refractivity contribution in [2.45, 2.75) is 64.5 Å². The molecule has 3 rings (SSSR count). The predicted molar refractivity (Wildman–Crippen MR) is 101 cm³/mol. The summed E-state index contributed by atoms with van der Waals surface area (Å²) in [6, 6.07) is 0.193. The van der Waals surface area contributed by atoms with E-state index < -0.39 is 5.60 Å². The van der Waals surface area contributed by atoms with Crippen LogP contribution in [0.3, 0.4) is 0 Å². The van der Waals surface area contributed by atoms with Crippen LogP contribution in [0.15, 0.2) is 0 Å². The molecule has 2 aliphatic rings. The molecule has 144 valence electrons. The zero-order valence-corrected chi connectivity index (χ0v) is 16.6. The number of likely N-dealkylation sites (tertiary alicyclic amines) is 1. The zero-order valence-electron chi connectivity index (χ0n) is 15.8. The Morgan fingerprint density at radius 3 is 2.69 bits per heavy atom. The Kier molecular flexibility index (Phi) is 5.41. The molecule has 1 unspecified atom stereocenters. The molecule has 1 aromatic rings. The van der Waals surface area contributed by atoms with Gasteiger partial charge in [0.05, 0.1) is 12.2 Å². The predicted octanol–water partition coefficient (Wildman–Crippen LogP) is 2.90. The molecule has 1 spiro atoms. The summed E-state index contributed by atoms with van der Waals surface area (Å²) < 4.78 is 5.77. The van der Waals surface area contributed by atoms with Gasteiger partial charge in [-0.2, -0.15) is 0 Å². The van der Waals surface area contributed by atoms with Crippen molar-refractivity contribution in [1.29, 1.82) is 0 Å². The van der Waals surface area contributed by atoms with Gasteiger partial charge >= 0.3 is 6.09 Å². The first kappa shape index (κ1) is 18.9. The lowest BCUT2D eigenvalue weighted by Gasteiger charge is -2.37. The highest BCUT2D eigenvalue weighted by atomic mass is 32.1. The molecule has 0 saturated carbocycles. The van der Waals surface area contributed by atoms with Crippen LogP contribution >= 0.6 is 11.3 Å². The van der Waals surface area contributed by atoms with Crippen LogP contribution in [0.2, 0.25) is 0 Å². The van der Waals surface area contributed by atoms with Crippen molar-refractivity contribution in [3.63, 3.8) is 0 Å². The number of thiazole rings is 1. The molecule has 3 heterocycles. The summed E-state index contributed by atoms with van der Waals surface area (Å²) >= 11 is 1.26. The Balaban J connectivity index is 1.64. The second kappa shape index (κ2) is 7.42. The first-order valence-electron chi connectivity index (χ1n) is 9.43. The third kappa shape index (κ3) is 3.51. The highest BCUT2D eigenvalue weighted by Crippen LogP contribution is 2.35. The number of aryl methyl sites for hydroxylation is 1. The van der Waals surface area contributed by atoms with E-state index in [-0.39, 0.29) is 18.0 Å². The quantitative estimate of drug-likeness (QED) is 0.848. The van der Waals surface area contributed by atoms with E-state index in [1.165, 1.54) is 11.3 Å². The van der Waals surface area contributed by atoms with Gasteiger partial charge in [-0.3, -0.25) is 4.79 Å². The van der Waals surface area contributed by atoms with Crippen molar-refractivity contribution in [2.24, 2.45) is 0 Å². The summed E-state index contributed by atoms with van der Waals surface area (Å²) in [6.07, 6.45) is 3.84. The first-order chi connectivity index (χ1) is 12.4. The van der Waals surface area contributed by atoms with E-state index in [0.717, 1.165) is 18.5 Å². The molecule has 0 bridgehead atoms. The minimum Gasteiger partial charge on any atom is -0.441 e. The molecule has 8 heteroatoms. The minimum absolute atomic E-state index is 0.00793. The first-order valence-corrected chi connectivity index (χ1v) is 10.2. The second-order valence-electron chi connectivity index (χ2n) is 7.29. The molecule has 2 saturated heterocycles. The van der Waals surface area contributed by atoms with Gasteiger partial charge in [0.15, 0.2) is 5.13 Å². The maximum absolute atomic E-state index is 12.8. The van der Waals surface area contributed by atoms with Crippen LogP contribution in [-0.4, -0.2) is 58.1 Å². The summed E-state index contributed by atoms with van der Waals surface area (Å²) in [5, 5.41) is 0.434. The van der Waals surface area contributed by atoms with Gasteiger partial charge in [-0.1, -0.05) is 31.6 Å². The number of ether oxygens (including phenoxy) is 1. The Hall–Kier alpha value is -1.83. The maximum Gasteiger partial charge on any atom is 0.410 e. The number of anilines is 1. The lowest BCUT2D eigenvalue weighted by Crippen LogP contribution is -2.49. The van der Waals surface area contributed by atoms with Crippen molar-refractivity contribution in [3.8, 4) is 0 Å². The summed E-state index contributed by atoms with van der Waals surface area (Å²) in [5.41, 5.74) is 6.09. The lowest BCUT2D eigenvalue weighted by atomic mass is 9.90. The van der Waals surface area contributed by atoms with E-state index >= 15 is 0 Å². The van der Waals surface area contributed by atoms with Gasteiger partial charge in [-0.25, -0.2) is 9.78 Å². The monoisotopic (exact) mass is 380 g/mol. The van der Waals surface area contributed by atoms with E-state index in [4.69, 9.17) is 10.5 Å². The lowest BCUT2D eigenvalue weighted by molar-refractivity contribution is 0.00318. The van der Waals surface area contributed by atoms with Crippen LogP contribution in [0, 0.1) is 0 Å². The molecule has 7 nitrogen and oxygen atoms in total. The normalized spacial score (nSPS) is 20.5. The summed E-state index contributed by atoms with van der Waals surface area (Å²) in [6.45, 7) is 7.97. The van der Waals surface area contributed by atoms with Crippen LogP contribution in [0.25, 0.3) is 0 Å². The molecule has 0 radical (unpaired) electrons. The van der Waals surface area contributed by atoms with Gasteiger partial charge in [0.2, 0.25) is 0 Å². The van der Waals surface area contributed by atoms with Gasteiger partial charge in [0, 0.05) is 32.0 Å². The molecule has 2 N–H and O–H groups in total. The van der Waals surface area contributed by atoms with E-state index in [9.17, 15) is 9.59 Å². The number of carbonyl (C=O) groups excluding carboxylic acids is 2. The molecule has 26 heavy (non-hydrogen) atoms. The number of amides is 2. The SMILES string of the molecule is CCCC(C)N1CC2(CCN(C(=O)c3sc(N)nc3CC)CC2)OC1=O. The number of hydrogen-bond donors (Lipinski definition) is 1. The van der Waals surface area contributed by atoms with Crippen LogP contribution < -0.4 is 5.73 Å². The molecule has 1 atom stereocenters. The van der Waals surface area contributed by atoms with Crippen molar-refractivity contribution in [1.82, 2.24) is 14.8 Å². The average Bonchev–Trinajstić information content (AvgIpc) is 3.15. The Morgan fingerprint density at radius 2 is 2.08 bits per heavy atom. The number of rotatable bonds is 5. The third-order valence-corrected chi connectivity index (χ3v) is 6.36. The maximum atomic E-state index is 12.8. The van der Waals surface area contributed by atoms with Gasteiger partial charge in [-0.15, -0.1) is 0 Å². The highest BCUT2D eigenvalue weighted by molar-refractivity contribution is 7.17. The van der Waals surface area contributed by atoms with Crippen molar-refractivity contribution in [3.05, 3.63) is 10.6 Å². The molecular formula is C18H28N4O3S. The largest absolute Gasteiger partial charge is 0.441 e. The van der Waals surface area contributed by atoms with Gasteiger partial charge < -0.3 is 20.3 Å². The highest BCUT2D eigenvalue weighted by Gasteiger charge is 2.48. The Bertz CT molecular complexity index is 682. The van der Waals surface area contributed by atoms with Crippen LogP contribution in [0.4, 0.5) is 9.93 Å². The Labute approximate surface area is 158 Å². The molecule has 1 aromatic heterocycles. The summed E-state index contributed by atoms with van der Waals surface area (Å²) in [7, 11) is 0. The van der Waals surface area contributed by atoms with Crippen LogP contribution in [0.1, 0.15) is 61.8 Å². The van der Waals surface area contributed by atoms with Crippen molar-refractivity contribution < 1.29 is 14.3 Å². The summed E-state index contributed by atoms with van der Waals surface area (Å²) in [5.74, 6) is -0.00793. The van der Waals surface area contributed by atoms with E-state index in [2.05, 4.69) is 18.8 Å². The number of nitrogens with two attached hydrogens (primary N) is 1. The van der Waals surface area contributed by atoms with Gasteiger partial charge in [0.1, 0.15) is 10.5 Å². The average molecular weight is 381 g/mol. The van der Waals surface area contributed by atoms with Crippen LogP contribution in [0.5, 0.6) is 0 Å². The standard InChI is InChI=1S/C18H28N4O3S/c1-4-6-12(3)22-11-18(25-17(22)24)7-9-21(10-8-18)15(23)14-13(5-2)20-16(19)26-14/h12H,4-11H2,1-3H3,(H2,19,20). The number of hydrogen-bond acceptors (Lipinski definition) is 6. The number of carbonyl (C=O) groups is 2. The third-order valence-electron chi connectivity index (χ3n) is 5.44. The molecular weight excluding hydrogens is 352 g/mol. The molecule has 2 aliphatic heterocycles. The van der Waals surface area contributed by atoms with Crippen LogP contribution in [-0.2, 0) is 11.2 Å². The summed E-state index contributed by atoms with van der Waals surface area (Å²) in [4.78, 5) is 33.7. The van der Waals surface area contributed by atoms with Gasteiger partial charge in [-0.05, 0) is 19.8 Å². The van der Waals surface area contributed by atoms with E-state index in [0.29, 0.717) is 48.9 Å². The fourth-order valence-electron chi connectivity index (χ4n) is 3.86. The van der Waals surface area contributed by atoms with Crippen molar-refractivity contribution in [2.75, 3.05) is 25.4 Å². The fraction of sp³-hybridized carbons (Fsp3) is 0.722. The van der Waals surface area contributed by atoms with Gasteiger partial charge in [0.25, 0.3) is 5.91 Å². The molecule has 0 aliphatic carbocycles. The number of nitrogens with zero attached hydrogens (tertiary/aromatic N) is 3. The van der Waals surface area contributed by atoms with Crippen molar-refractivity contribution >= 4 is 28.5 Å². The zero-order chi connectivity index (χ0) is 18.9. The topological polar surface area (TPSA) is 88.8 Å². The molecule has 0 aromatic carbocycles. The molecule has 2 fully saturated rings. The van der Waals surface area contributed by atoms with E-state index in [1.807, 2.05) is 16.7 Å². The number of nitrogen functional groups attached to an aromatic ring is 1. The minimum atomic E-state index is -0.448. The smallest absolute Gasteiger partial charge is 0.410 e. The number of piperidine rings is 1. The molecule has 2 amide bonds. The fourth-order valence-corrected chi connectivity index (χ4v) is 4.75. The Morgan fingerprint density at radius 1 is 1.38 bits per heavy atom. The number of aromatic nitrogens is 1. The second-order valence-corrected chi connectivity index (χ2v) is 8.32.